The van der Waals surface area contributed by atoms with Crippen molar-refractivity contribution in [3.05, 3.63) is 0 Å². The van der Waals surface area contributed by atoms with Gasteiger partial charge in [-0.05, 0) is 20.8 Å². The minimum absolute atomic E-state index is 0. The molecule has 0 aromatic carbocycles. The van der Waals surface area contributed by atoms with E-state index in [1.165, 1.54) is 0 Å². The van der Waals surface area contributed by atoms with Gasteiger partial charge >= 0.3 is 6.09 Å². The monoisotopic (exact) mass is 140 g/mol. The van der Waals surface area contributed by atoms with Gasteiger partial charge in [0.2, 0.25) is 0 Å². The summed E-state index contributed by atoms with van der Waals surface area (Å²) in [6, 6.07) is 0. The van der Waals surface area contributed by atoms with Crippen molar-refractivity contribution in [1.29, 1.82) is 0 Å². The Balaban J connectivity index is 0. The quantitative estimate of drug-likeness (QED) is 0.498. The number of amides is 1. The second kappa shape index (κ2) is 4.14. The van der Waals surface area contributed by atoms with Gasteiger partial charge in [-0.15, -0.1) is 0 Å². The van der Waals surface area contributed by atoms with Crippen LogP contribution in [0.1, 0.15) is 20.8 Å². The molecule has 0 aromatic heterocycles. The van der Waals surface area contributed by atoms with E-state index in [0.29, 0.717) is 0 Å². The van der Waals surface area contributed by atoms with Crippen LogP contribution in [0.4, 0.5) is 4.79 Å². The summed E-state index contributed by atoms with van der Waals surface area (Å²) >= 11 is 0. The molecule has 1 radical (unpaired) electrons. The molecule has 0 fully saturated rings. The Morgan fingerprint density at radius 1 is 1.44 bits per heavy atom. The van der Waals surface area contributed by atoms with Crippen molar-refractivity contribution >= 4 is 35.7 Å². The third kappa shape index (κ3) is 11.7. The molecule has 1 amide bonds. The maximum absolute atomic E-state index is 10.0. The fourth-order valence-corrected chi connectivity index (χ4v) is 0.302. The van der Waals surface area contributed by atoms with Crippen LogP contribution in [0, 0.1) is 0 Å². The number of nitrogens with two attached hydrogens (primary N) is 1. The van der Waals surface area contributed by atoms with Gasteiger partial charge in [-0.1, -0.05) is 0 Å². The number of hydrogen-bond donors (Lipinski definition) is 1. The molecule has 0 aliphatic heterocycles. The zero-order valence-corrected chi connectivity index (χ0v) is 8.39. The number of carbonyl (C=O) groups excluding carboxylic acids is 1. The van der Waals surface area contributed by atoms with E-state index in [1.54, 1.807) is 20.8 Å². The van der Waals surface area contributed by atoms with Gasteiger partial charge in [0.1, 0.15) is 5.60 Å². The van der Waals surface area contributed by atoms with Crippen molar-refractivity contribution in [2.24, 2.45) is 5.73 Å². The predicted octanol–water partition coefficient (Wildman–Crippen LogP) is 0.499. The van der Waals surface area contributed by atoms with Crippen molar-refractivity contribution in [1.82, 2.24) is 0 Å². The molecular weight excluding hydrogens is 129 g/mol. The Morgan fingerprint density at radius 3 is 1.78 bits per heavy atom. The molecule has 9 heavy (non-hydrogen) atoms. The van der Waals surface area contributed by atoms with E-state index in [-0.39, 0.29) is 29.6 Å². The zero-order valence-electron chi connectivity index (χ0n) is 6.39. The van der Waals surface area contributed by atoms with Crippen LogP contribution in [-0.4, -0.2) is 41.3 Å². The van der Waals surface area contributed by atoms with Crippen LogP contribution < -0.4 is 5.73 Å². The number of carbonyl (C=O) groups is 1. The molecule has 49 valence electrons. The molecule has 0 bridgehead atoms. The van der Waals surface area contributed by atoms with Crippen LogP contribution >= 0.6 is 0 Å². The van der Waals surface area contributed by atoms with Crippen molar-refractivity contribution in [3.8, 4) is 0 Å². The first kappa shape index (κ1) is 12.0. The molecule has 0 aliphatic rings. The Morgan fingerprint density at radius 2 is 1.78 bits per heavy atom. The summed E-state index contributed by atoms with van der Waals surface area (Å²) in [7, 11) is 0. The standard InChI is InChI=1S/C5H11NO2.Na/c1-5(2,3)8-4(6)7;/h1-3H3,(H2,6,7);. The zero-order chi connectivity index (χ0) is 6.78. The van der Waals surface area contributed by atoms with Crippen LogP contribution in [0.15, 0.2) is 0 Å². The normalized spacial score (nSPS) is 9.67. The minimum atomic E-state index is -0.725. The second-order valence-electron chi connectivity index (χ2n) is 2.53. The van der Waals surface area contributed by atoms with E-state index < -0.39 is 11.7 Å². The fraction of sp³-hybridized carbons (Fsp3) is 0.800. The maximum atomic E-state index is 10.0. The molecule has 0 saturated heterocycles. The fourth-order valence-electron chi connectivity index (χ4n) is 0.302. The number of primary amides is 1. The largest absolute Gasteiger partial charge is 0.444 e. The maximum Gasteiger partial charge on any atom is 0.405 e. The van der Waals surface area contributed by atoms with Gasteiger partial charge in [0.25, 0.3) is 0 Å². The average Bonchev–Trinajstić information content (AvgIpc) is 1.21. The first-order valence-electron chi connectivity index (χ1n) is 2.40. The van der Waals surface area contributed by atoms with Crippen molar-refractivity contribution < 1.29 is 9.53 Å². The molecule has 4 heteroatoms. The third-order valence-electron chi connectivity index (χ3n) is 0.407. The molecule has 0 atom stereocenters. The van der Waals surface area contributed by atoms with E-state index in [1.807, 2.05) is 0 Å². The second-order valence-corrected chi connectivity index (χ2v) is 2.53. The molecule has 0 aliphatic carbocycles. The molecule has 0 spiro atoms. The first-order valence-corrected chi connectivity index (χ1v) is 2.40. The first-order chi connectivity index (χ1) is 3.42. The summed E-state index contributed by atoms with van der Waals surface area (Å²) in [6.45, 7) is 5.28. The molecule has 0 heterocycles. The van der Waals surface area contributed by atoms with Crippen molar-refractivity contribution in [2.45, 2.75) is 26.4 Å². The van der Waals surface area contributed by atoms with E-state index >= 15 is 0 Å². The van der Waals surface area contributed by atoms with Crippen LogP contribution in [0.5, 0.6) is 0 Å². The van der Waals surface area contributed by atoms with Crippen LogP contribution in [0.3, 0.4) is 0 Å². The summed E-state index contributed by atoms with van der Waals surface area (Å²) in [5.41, 5.74) is 4.26. The Bertz CT molecular complexity index is 97.6. The van der Waals surface area contributed by atoms with E-state index in [0.717, 1.165) is 0 Å². The Hall–Kier alpha value is 0.270. The molecule has 0 rings (SSSR count). The van der Waals surface area contributed by atoms with Gasteiger partial charge in [-0.3, -0.25) is 0 Å². The molecular formula is C5H11NNaO2. The van der Waals surface area contributed by atoms with Crippen LogP contribution in [-0.2, 0) is 4.74 Å². The average molecular weight is 140 g/mol. The van der Waals surface area contributed by atoms with E-state index in [4.69, 9.17) is 5.73 Å². The van der Waals surface area contributed by atoms with Gasteiger partial charge in [0, 0.05) is 29.6 Å². The summed E-state index contributed by atoms with van der Waals surface area (Å²) < 4.78 is 4.58. The van der Waals surface area contributed by atoms with Gasteiger partial charge in [-0.2, -0.15) is 0 Å². The summed E-state index contributed by atoms with van der Waals surface area (Å²) in [6.07, 6.45) is -0.725. The van der Waals surface area contributed by atoms with E-state index in [9.17, 15) is 4.79 Å². The minimum Gasteiger partial charge on any atom is -0.444 e. The van der Waals surface area contributed by atoms with Gasteiger partial charge < -0.3 is 10.5 Å². The van der Waals surface area contributed by atoms with Crippen LogP contribution in [0.2, 0.25) is 0 Å². The SMILES string of the molecule is CC(C)(C)OC(N)=O.[Na]. The van der Waals surface area contributed by atoms with Gasteiger partial charge in [-0.25, -0.2) is 4.79 Å². The summed E-state index contributed by atoms with van der Waals surface area (Å²) in [5, 5.41) is 0. The topological polar surface area (TPSA) is 52.3 Å². The Kier molecular flexibility index (Phi) is 5.52. The summed E-state index contributed by atoms with van der Waals surface area (Å²) in [4.78, 5) is 10.0. The van der Waals surface area contributed by atoms with Crippen molar-refractivity contribution in [3.63, 3.8) is 0 Å². The Labute approximate surface area is 77.2 Å². The molecule has 2 N–H and O–H groups in total. The third-order valence-corrected chi connectivity index (χ3v) is 0.407. The van der Waals surface area contributed by atoms with Gasteiger partial charge in [0.05, 0.1) is 0 Å². The van der Waals surface area contributed by atoms with Gasteiger partial charge in [0.15, 0.2) is 0 Å². The molecule has 0 saturated carbocycles. The van der Waals surface area contributed by atoms with Crippen LogP contribution in [0.25, 0.3) is 0 Å². The number of rotatable bonds is 0. The molecule has 0 aromatic rings. The smallest absolute Gasteiger partial charge is 0.405 e. The van der Waals surface area contributed by atoms with E-state index in [2.05, 4.69) is 4.74 Å². The molecule has 0 unspecified atom stereocenters. The summed E-state index contributed by atoms with van der Waals surface area (Å²) in [5.74, 6) is 0. The predicted molar refractivity (Wildman–Crippen MR) is 36.2 cm³/mol. The van der Waals surface area contributed by atoms with Crippen molar-refractivity contribution in [2.75, 3.05) is 0 Å². The molecule has 3 nitrogen and oxygen atoms in total. The number of hydrogen-bond acceptors (Lipinski definition) is 2. The number of ether oxygens (including phenoxy) is 1.